The highest BCUT2D eigenvalue weighted by Crippen LogP contribution is 2.17. The highest BCUT2D eigenvalue weighted by atomic mass is 79.9. The Bertz CT molecular complexity index is 736. The van der Waals surface area contributed by atoms with Crippen LogP contribution >= 0.6 is 15.9 Å². The molecule has 2 rings (SSSR count). The van der Waals surface area contributed by atoms with Gasteiger partial charge in [0.15, 0.2) is 0 Å². The van der Waals surface area contributed by atoms with Gasteiger partial charge in [0, 0.05) is 16.1 Å². The summed E-state index contributed by atoms with van der Waals surface area (Å²) >= 11 is 3.30. The predicted octanol–water partition coefficient (Wildman–Crippen LogP) is 2.11. The van der Waals surface area contributed by atoms with Gasteiger partial charge in [-0.3, -0.25) is 4.79 Å². The second-order valence-electron chi connectivity index (χ2n) is 5.40. The summed E-state index contributed by atoms with van der Waals surface area (Å²) in [6, 6.07) is 1.73. The Labute approximate surface area is 129 Å². The first-order valence-electron chi connectivity index (χ1n) is 6.26. The SMILES string of the molecule is CC(C)(C)OC(=O)NCc1n[nH]c(=O)c2ncc(Br)cc12. The van der Waals surface area contributed by atoms with E-state index in [9.17, 15) is 9.59 Å². The molecule has 2 aromatic rings. The Hall–Kier alpha value is -1.96. The monoisotopic (exact) mass is 354 g/mol. The topological polar surface area (TPSA) is 97.0 Å². The van der Waals surface area contributed by atoms with E-state index in [4.69, 9.17) is 4.74 Å². The summed E-state index contributed by atoms with van der Waals surface area (Å²) in [6.45, 7) is 5.46. The molecule has 7 nitrogen and oxygen atoms in total. The van der Waals surface area contributed by atoms with Crippen LogP contribution in [0.2, 0.25) is 0 Å². The lowest BCUT2D eigenvalue weighted by Gasteiger charge is -2.19. The number of rotatable bonds is 2. The maximum Gasteiger partial charge on any atom is 0.407 e. The van der Waals surface area contributed by atoms with Gasteiger partial charge in [-0.05, 0) is 42.8 Å². The minimum Gasteiger partial charge on any atom is -0.444 e. The number of H-pyrrole nitrogens is 1. The zero-order valence-corrected chi connectivity index (χ0v) is 13.4. The van der Waals surface area contributed by atoms with E-state index in [-0.39, 0.29) is 17.6 Å². The summed E-state index contributed by atoms with van der Waals surface area (Å²) in [4.78, 5) is 27.4. The van der Waals surface area contributed by atoms with Crippen LogP contribution in [0.4, 0.5) is 4.79 Å². The molecule has 8 heteroatoms. The van der Waals surface area contributed by atoms with Gasteiger partial charge in [-0.15, -0.1) is 0 Å². The highest BCUT2D eigenvalue weighted by molar-refractivity contribution is 9.10. The van der Waals surface area contributed by atoms with Crippen LogP contribution < -0.4 is 10.9 Å². The van der Waals surface area contributed by atoms with E-state index in [1.807, 2.05) is 0 Å². The number of fused-ring (bicyclic) bond motifs is 1. The van der Waals surface area contributed by atoms with E-state index in [2.05, 4.69) is 36.4 Å². The standard InChI is InChI=1S/C13H15BrN4O3/c1-13(2,3)21-12(20)16-6-9-8-4-7(14)5-15-10(8)11(19)18-17-9/h4-5H,6H2,1-3H3,(H,16,20)(H,18,19). The van der Waals surface area contributed by atoms with Crippen molar-refractivity contribution in [3.63, 3.8) is 0 Å². The summed E-state index contributed by atoms with van der Waals surface area (Å²) in [7, 11) is 0. The molecular weight excluding hydrogens is 340 g/mol. The molecule has 0 aromatic carbocycles. The molecule has 21 heavy (non-hydrogen) atoms. The molecule has 0 saturated heterocycles. The molecule has 2 N–H and O–H groups in total. The first kappa shape index (κ1) is 15.4. The zero-order chi connectivity index (χ0) is 15.6. The van der Waals surface area contributed by atoms with Gasteiger partial charge < -0.3 is 10.1 Å². The molecule has 0 atom stereocenters. The molecule has 0 saturated carbocycles. The van der Waals surface area contributed by atoms with E-state index >= 15 is 0 Å². The molecule has 0 spiro atoms. The van der Waals surface area contributed by atoms with Gasteiger partial charge in [0.05, 0.1) is 12.2 Å². The number of halogens is 1. The Kier molecular flexibility index (Phi) is 4.26. The Balaban J connectivity index is 2.23. The van der Waals surface area contributed by atoms with E-state index in [0.717, 1.165) is 4.47 Å². The van der Waals surface area contributed by atoms with Gasteiger partial charge >= 0.3 is 6.09 Å². The van der Waals surface area contributed by atoms with Crippen LogP contribution in [0.5, 0.6) is 0 Å². The number of alkyl carbamates (subject to hydrolysis) is 1. The van der Waals surface area contributed by atoms with Gasteiger partial charge in [0.25, 0.3) is 5.56 Å². The van der Waals surface area contributed by atoms with Crippen molar-refractivity contribution in [1.82, 2.24) is 20.5 Å². The lowest BCUT2D eigenvalue weighted by molar-refractivity contribution is 0.0523. The molecule has 0 radical (unpaired) electrons. The number of ether oxygens (including phenoxy) is 1. The number of hydrogen-bond acceptors (Lipinski definition) is 5. The fourth-order valence-corrected chi connectivity index (χ4v) is 2.01. The van der Waals surface area contributed by atoms with E-state index in [1.54, 1.807) is 26.8 Å². The number of amides is 1. The number of aromatic nitrogens is 3. The van der Waals surface area contributed by atoms with E-state index in [1.165, 1.54) is 6.20 Å². The lowest BCUT2D eigenvalue weighted by Crippen LogP contribution is -2.32. The van der Waals surface area contributed by atoms with Gasteiger partial charge in [0.2, 0.25) is 0 Å². The summed E-state index contributed by atoms with van der Waals surface area (Å²) in [6.07, 6.45) is 0.981. The number of pyridine rings is 1. The fraction of sp³-hybridized carbons (Fsp3) is 0.385. The maximum atomic E-state index is 11.7. The average molecular weight is 355 g/mol. The number of carbonyl (C=O) groups excluding carboxylic acids is 1. The van der Waals surface area contributed by atoms with Crippen LogP contribution in [0.25, 0.3) is 10.9 Å². The molecule has 0 aliphatic carbocycles. The van der Waals surface area contributed by atoms with E-state index in [0.29, 0.717) is 11.1 Å². The number of aromatic amines is 1. The Morgan fingerprint density at radius 2 is 2.19 bits per heavy atom. The Morgan fingerprint density at radius 1 is 1.48 bits per heavy atom. The molecular formula is C13H15BrN4O3. The predicted molar refractivity (Wildman–Crippen MR) is 80.9 cm³/mol. The molecule has 112 valence electrons. The van der Waals surface area contributed by atoms with Crippen LogP contribution in [0.15, 0.2) is 21.5 Å². The van der Waals surface area contributed by atoms with Crippen molar-refractivity contribution < 1.29 is 9.53 Å². The number of hydrogen-bond donors (Lipinski definition) is 2. The van der Waals surface area contributed by atoms with Crippen LogP contribution in [0.1, 0.15) is 26.5 Å². The fourth-order valence-electron chi connectivity index (χ4n) is 1.68. The second kappa shape index (κ2) is 5.80. The smallest absolute Gasteiger partial charge is 0.407 e. The molecule has 1 amide bonds. The third kappa shape index (κ3) is 4.01. The van der Waals surface area contributed by atoms with E-state index < -0.39 is 11.7 Å². The van der Waals surface area contributed by atoms with Crippen molar-refractivity contribution in [2.75, 3.05) is 0 Å². The third-order valence-corrected chi connectivity index (χ3v) is 2.91. The largest absolute Gasteiger partial charge is 0.444 e. The quantitative estimate of drug-likeness (QED) is 0.860. The van der Waals surface area contributed by atoms with Gasteiger partial charge in [0.1, 0.15) is 11.1 Å². The lowest BCUT2D eigenvalue weighted by atomic mass is 10.2. The van der Waals surface area contributed by atoms with Gasteiger partial charge in [-0.1, -0.05) is 0 Å². The molecule has 0 aliphatic heterocycles. The van der Waals surface area contributed by atoms with Gasteiger partial charge in [-0.25, -0.2) is 14.9 Å². The van der Waals surface area contributed by atoms with Gasteiger partial charge in [-0.2, -0.15) is 5.10 Å². The van der Waals surface area contributed by atoms with Crippen molar-refractivity contribution in [2.45, 2.75) is 32.9 Å². The zero-order valence-electron chi connectivity index (χ0n) is 11.9. The molecule has 0 fully saturated rings. The normalized spacial score (nSPS) is 11.4. The van der Waals surface area contributed by atoms with Crippen molar-refractivity contribution in [3.8, 4) is 0 Å². The van der Waals surface area contributed by atoms with Crippen LogP contribution in [-0.2, 0) is 11.3 Å². The maximum absolute atomic E-state index is 11.7. The first-order chi connectivity index (χ1) is 9.76. The number of nitrogens with one attached hydrogen (secondary N) is 2. The average Bonchev–Trinajstić information content (AvgIpc) is 2.35. The van der Waals surface area contributed by atoms with Crippen LogP contribution in [0, 0.1) is 0 Å². The summed E-state index contributed by atoms with van der Waals surface area (Å²) < 4.78 is 5.87. The van der Waals surface area contributed by atoms with Crippen molar-refractivity contribution in [3.05, 3.63) is 32.8 Å². The summed E-state index contributed by atoms with van der Waals surface area (Å²) in [5.74, 6) is 0. The molecule has 0 bridgehead atoms. The summed E-state index contributed by atoms with van der Waals surface area (Å²) in [5, 5.41) is 9.48. The number of nitrogens with zero attached hydrogens (tertiary/aromatic N) is 2. The van der Waals surface area contributed by atoms with Crippen molar-refractivity contribution in [2.24, 2.45) is 0 Å². The Morgan fingerprint density at radius 3 is 2.86 bits per heavy atom. The molecule has 0 unspecified atom stereocenters. The van der Waals surface area contributed by atoms with Crippen molar-refractivity contribution in [1.29, 1.82) is 0 Å². The third-order valence-electron chi connectivity index (χ3n) is 2.47. The highest BCUT2D eigenvalue weighted by Gasteiger charge is 2.16. The molecule has 0 aliphatic rings. The van der Waals surface area contributed by atoms with Crippen LogP contribution in [0.3, 0.4) is 0 Å². The van der Waals surface area contributed by atoms with Crippen molar-refractivity contribution >= 4 is 32.9 Å². The minimum atomic E-state index is -0.574. The molecule has 2 heterocycles. The first-order valence-corrected chi connectivity index (χ1v) is 7.05. The molecule has 2 aromatic heterocycles. The van der Waals surface area contributed by atoms with Crippen LogP contribution in [-0.4, -0.2) is 26.9 Å². The second-order valence-corrected chi connectivity index (χ2v) is 6.32. The summed E-state index contributed by atoms with van der Waals surface area (Å²) in [5.41, 5.74) is -0.174. The number of carbonyl (C=O) groups is 1. The minimum absolute atomic E-state index is 0.125.